The fraction of sp³-hybridized carbons (Fsp3) is 0.409. The van der Waals surface area contributed by atoms with Gasteiger partial charge in [0.1, 0.15) is 5.82 Å². The molecule has 0 saturated heterocycles. The molecular weight excluding hydrogens is 338 g/mol. The van der Waals surface area contributed by atoms with Crippen LogP contribution in [0.1, 0.15) is 50.4 Å². The summed E-state index contributed by atoms with van der Waals surface area (Å²) in [4.78, 5) is 31.3. The Labute approximate surface area is 160 Å². The summed E-state index contributed by atoms with van der Waals surface area (Å²) in [5.74, 6) is 0.667. The van der Waals surface area contributed by atoms with E-state index in [1.807, 2.05) is 64.1 Å². The Bertz CT molecular complexity index is 854. The van der Waals surface area contributed by atoms with Crippen LogP contribution < -0.4 is 10.2 Å². The van der Waals surface area contributed by atoms with Gasteiger partial charge in [-0.05, 0) is 29.5 Å². The predicted octanol–water partition coefficient (Wildman–Crippen LogP) is 4.24. The molecule has 0 spiro atoms. The smallest absolute Gasteiger partial charge is 0.227 e. The molecule has 1 aromatic carbocycles. The first-order chi connectivity index (χ1) is 12.7. The number of hydrogen-bond donors (Lipinski definition) is 1. The van der Waals surface area contributed by atoms with Gasteiger partial charge in [-0.25, -0.2) is 4.98 Å². The lowest BCUT2D eigenvalue weighted by Crippen LogP contribution is -2.35. The van der Waals surface area contributed by atoms with E-state index in [-0.39, 0.29) is 17.2 Å². The summed E-state index contributed by atoms with van der Waals surface area (Å²) >= 11 is 0. The van der Waals surface area contributed by atoms with E-state index in [0.717, 1.165) is 22.5 Å². The highest BCUT2D eigenvalue weighted by Crippen LogP contribution is 2.31. The van der Waals surface area contributed by atoms with Crippen molar-refractivity contribution < 1.29 is 9.59 Å². The lowest BCUT2D eigenvalue weighted by molar-refractivity contribution is -0.119. The van der Waals surface area contributed by atoms with Gasteiger partial charge in [0.25, 0.3) is 0 Å². The minimum atomic E-state index is -0.0783. The Kier molecular flexibility index (Phi) is 5.31. The molecule has 0 aliphatic carbocycles. The Balaban J connectivity index is 1.86. The van der Waals surface area contributed by atoms with Crippen LogP contribution in [0.4, 0.5) is 11.5 Å². The molecular formula is C22H27N3O2. The molecule has 27 heavy (non-hydrogen) atoms. The van der Waals surface area contributed by atoms with E-state index in [4.69, 9.17) is 0 Å². The van der Waals surface area contributed by atoms with Crippen LogP contribution in [0, 0.1) is 12.3 Å². The highest BCUT2D eigenvalue weighted by Gasteiger charge is 2.27. The minimum absolute atomic E-state index is 0.0360. The zero-order valence-electron chi connectivity index (χ0n) is 16.5. The first-order valence-electron chi connectivity index (χ1n) is 9.37. The van der Waals surface area contributed by atoms with Gasteiger partial charge in [0.2, 0.25) is 11.8 Å². The number of carbonyl (C=O) groups is 2. The third-order valence-corrected chi connectivity index (χ3v) is 4.57. The molecule has 1 aromatic heterocycles. The number of aryl methyl sites for hydroxylation is 2. The van der Waals surface area contributed by atoms with Crippen molar-refractivity contribution in [3.05, 3.63) is 53.2 Å². The second kappa shape index (κ2) is 7.51. The minimum Gasteiger partial charge on any atom is -0.310 e. The van der Waals surface area contributed by atoms with Crippen LogP contribution in [-0.4, -0.2) is 16.8 Å². The van der Waals surface area contributed by atoms with E-state index < -0.39 is 0 Å². The molecule has 2 heterocycles. The lowest BCUT2D eigenvalue weighted by atomic mass is 9.92. The average molecular weight is 365 g/mol. The number of nitrogens with one attached hydrogen (secondary N) is 1. The van der Waals surface area contributed by atoms with Crippen LogP contribution in [0.15, 0.2) is 36.4 Å². The Hall–Kier alpha value is -2.69. The van der Waals surface area contributed by atoms with Crippen molar-refractivity contribution >= 4 is 23.3 Å². The normalized spacial score (nSPS) is 14.1. The second-order valence-electron chi connectivity index (χ2n) is 8.37. The molecule has 3 rings (SSSR count). The molecule has 142 valence electrons. The van der Waals surface area contributed by atoms with Crippen molar-refractivity contribution in [3.63, 3.8) is 0 Å². The SMILES string of the molecule is Cc1cc2c(nc1NC(=O)CC(C)(C)C)CCC(=O)N2Cc1ccccc1. The van der Waals surface area contributed by atoms with E-state index in [1.165, 1.54) is 0 Å². The Morgan fingerprint density at radius 3 is 2.56 bits per heavy atom. The van der Waals surface area contributed by atoms with E-state index >= 15 is 0 Å². The van der Waals surface area contributed by atoms with E-state index in [2.05, 4.69) is 10.3 Å². The highest BCUT2D eigenvalue weighted by atomic mass is 16.2. The molecule has 0 fully saturated rings. The van der Waals surface area contributed by atoms with Crippen LogP contribution in [0.25, 0.3) is 0 Å². The summed E-state index contributed by atoms with van der Waals surface area (Å²) < 4.78 is 0. The van der Waals surface area contributed by atoms with Gasteiger partial charge >= 0.3 is 0 Å². The molecule has 2 aromatic rings. The van der Waals surface area contributed by atoms with Crippen molar-refractivity contribution in [2.24, 2.45) is 5.41 Å². The molecule has 1 aliphatic heterocycles. The van der Waals surface area contributed by atoms with Crippen molar-refractivity contribution in [1.29, 1.82) is 0 Å². The number of pyridine rings is 1. The predicted molar refractivity (Wildman–Crippen MR) is 108 cm³/mol. The maximum atomic E-state index is 12.5. The van der Waals surface area contributed by atoms with Gasteiger partial charge in [-0.1, -0.05) is 51.1 Å². The topological polar surface area (TPSA) is 62.3 Å². The van der Waals surface area contributed by atoms with Gasteiger partial charge in [-0.15, -0.1) is 0 Å². The van der Waals surface area contributed by atoms with Crippen LogP contribution in [-0.2, 0) is 22.6 Å². The van der Waals surface area contributed by atoms with Gasteiger partial charge in [0.15, 0.2) is 0 Å². The molecule has 0 saturated carbocycles. The van der Waals surface area contributed by atoms with Crippen molar-refractivity contribution in [2.75, 3.05) is 10.2 Å². The lowest BCUT2D eigenvalue weighted by Gasteiger charge is -2.30. The quantitative estimate of drug-likeness (QED) is 0.881. The molecule has 2 amide bonds. The Morgan fingerprint density at radius 1 is 1.19 bits per heavy atom. The Morgan fingerprint density at radius 2 is 1.89 bits per heavy atom. The van der Waals surface area contributed by atoms with Crippen LogP contribution in [0.2, 0.25) is 0 Å². The van der Waals surface area contributed by atoms with Crippen LogP contribution in [0.5, 0.6) is 0 Å². The fourth-order valence-corrected chi connectivity index (χ4v) is 3.27. The molecule has 0 radical (unpaired) electrons. The van der Waals surface area contributed by atoms with Gasteiger partial charge in [0.05, 0.1) is 17.9 Å². The maximum Gasteiger partial charge on any atom is 0.227 e. The van der Waals surface area contributed by atoms with Gasteiger partial charge in [-0.3, -0.25) is 9.59 Å². The molecule has 5 nitrogen and oxygen atoms in total. The third kappa shape index (κ3) is 4.73. The average Bonchev–Trinajstić information content (AvgIpc) is 2.58. The third-order valence-electron chi connectivity index (χ3n) is 4.57. The number of fused-ring (bicyclic) bond motifs is 1. The van der Waals surface area contributed by atoms with E-state index in [9.17, 15) is 9.59 Å². The maximum absolute atomic E-state index is 12.5. The van der Waals surface area contributed by atoms with Crippen LogP contribution in [0.3, 0.4) is 0 Å². The largest absolute Gasteiger partial charge is 0.310 e. The summed E-state index contributed by atoms with van der Waals surface area (Å²) in [7, 11) is 0. The number of benzene rings is 1. The highest BCUT2D eigenvalue weighted by molar-refractivity contribution is 5.97. The number of carbonyl (C=O) groups excluding carboxylic acids is 2. The first-order valence-corrected chi connectivity index (χ1v) is 9.37. The summed E-state index contributed by atoms with van der Waals surface area (Å²) in [6, 6.07) is 11.9. The summed E-state index contributed by atoms with van der Waals surface area (Å²) in [5, 5.41) is 2.94. The molecule has 0 unspecified atom stereocenters. The molecule has 5 heteroatoms. The number of anilines is 2. The number of rotatable bonds is 4. The molecule has 0 atom stereocenters. The number of aromatic nitrogens is 1. The second-order valence-corrected chi connectivity index (χ2v) is 8.37. The summed E-state index contributed by atoms with van der Waals surface area (Å²) in [6.07, 6.45) is 1.47. The number of nitrogens with zero attached hydrogens (tertiary/aromatic N) is 2. The molecule has 1 aliphatic rings. The fourth-order valence-electron chi connectivity index (χ4n) is 3.27. The van der Waals surface area contributed by atoms with Crippen molar-refractivity contribution in [2.45, 2.75) is 53.5 Å². The standard InChI is InChI=1S/C22H27N3O2/c1-15-12-18-17(23-21(15)24-19(26)13-22(2,3)4)10-11-20(27)25(18)14-16-8-6-5-7-9-16/h5-9,12H,10-11,13-14H2,1-4H3,(H,23,24,26). The summed E-state index contributed by atoms with van der Waals surface area (Å²) in [5.41, 5.74) is 3.58. The number of amides is 2. The number of hydrogen-bond acceptors (Lipinski definition) is 3. The molecule has 0 bridgehead atoms. The zero-order valence-corrected chi connectivity index (χ0v) is 16.5. The van der Waals surface area contributed by atoms with Crippen molar-refractivity contribution in [1.82, 2.24) is 4.98 Å². The van der Waals surface area contributed by atoms with Gasteiger partial charge in [0, 0.05) is 19.3 Å². The first kappa shape index (κ1) is 19.1. The van der Waals surface area contributed by atoms with Crippen molar-refractivity contribution in [3.8, 4) is 0 Å². The van der Waals surface area contributed by atoms with Gasteiger partial charge in [-0.2, -0.15) is 0 Å². The van der Waals surface area contributed by atoms with Gasteiger partial charge < -0.3 is 10.2 Å². The molecule has 1 N–H and O–H groups in total. The summed E-state index contributed by atoms with van der Waals surface area (Å²) in [6.45, 7) is 8.55. The monoisotopic (exact) mass is 365 g/mol. The van der Waals surface area contributed by atoms with E-state index in [0.29, 0.717) is 31.6 Å². The zero-order chi connectivity index (χ0) is 19.6. The van der Waals surface area contributed by atoms with E-state index in [1.54, 1.807) is 4.90 Å². The van der Waals surface area contributed by atoms with Crippen LogP contribution >= 0.6 is 0 Å².